The Morgan fingerprint density at radius 1 is 1.47 bits per heavy atom. The average Bonchev–Trinajstić information content (AvgIpc) is 2.94. The maximum atomic E-state index is 12.2. The predicted molar refractivity (Wildman–Crippen MR) is 77.9 cm³/mol. The number of hydrogen-bond donors (Lipinski definition) is 1. The third-order valence-corrected chi connectivity index (χ3v) is 3.95. The molecular weight excluding hydrogens is 308 g/mol. The van der Waals surface area contributed by atoms with E-state index < -0.39 is 6.10 Å². The lowest BCUT2D eigenvalue weighted by Gasteiger charge is -2.22. The van der Waals surface area contributed by atoms with Gasteiger partial charge in [0.2, 0.25) is 0 Å². The van der Waals surface area contributed by atoms with Crippen molar-refractivity contribution < 1.29 is 9.53 Å². The fourth-order valence-corrected chi connectivity index (χ4v) is 2.77. The van der Waals surface area contributed by atoms with Crippen molar-refractivity contribution in [2.45, 2.75) is 32.4 Å². The van der Waals surface area contributed by atoms with Crippen LogP contribution in [0.15, 0.2) is 22.7 Å². The fraction of sp³-hybridized carbons (Fsp3) is 0.500. The number of nitrogens with zero attached hydrogens (tertiary/aromatic N) is 1. The van der Waals surface area contributed by atoms with Crippen LogP contribution in [-0.4, -0.2) is 30.0 Å². The number of halogens is 1. The number of hydrogen-bond acceptors (Lipinski definition) is 3. The van der Waals surface area contributed by atoms with Gasteiger partial charge in [0.1, 0.15) is 5.75 Å². The van der Waals surface area contributed by atoms with Crippen LogP contribution in [0.2, 0.25) is 0 Å². The molecule has 2 rings (SSSR count). The van der Waals surface area contributed by atoms with Crippen molar-refractivity contribution in [3.8, 4) is 5.75 Å². The highest BCUT2D eigenvalue weighted by molar-refractivity contribution is 9.10. The summed E-state index contributed by atoms with van der Waals surface area (Å²) in [4.78, 5) is 14.1. The number of likely N-dealkylation sites (tertiary alicyclic amines) is 1. The Hall–Kier alpha value is -1.07. The molecular formula is C14H19BrN2O2. The SMILES string of the molecule is CC(Oc1c(Br)cccc1CN)C(=O)N1CCCC1. The van der Waals surface area contributed by atoms with Crippen LogP contribution >= 0.6 is 15.9 Å². The molecule has 104 valence electrons. The van der Waals surface area contributed by atoms with Crippen LogP contribution in [0.25, 0.3) is 0 Å². The molecule has 0 spiro atoms. The van der Waals surface area contributed by atoms with Gasteiger partial charge in [-0.3, -0.25) is 4.79 Å². The summed E-state index contributed by atoms with van der Waals surface area (Å²) in [5.41, 5.74) is 6.60. The van der Waals surface area contributed by atoms with Crippen molar-refractivity contribution >= 4 is 21.8 Å². The highest BCUT2D eigenvalue weighted by atomic mass is 79.9. The third-order valence-electron chi connectivity index (χ3n) is 3.33. The van der Waals surface area contributed by atoms with Gasteiger partial charge in [-0.2, -0.15) is 0 Å². The Morgan fingerprint density at radius 3 is 2.79 bits per heavy atom. The molecule has 1 fully saturated rings. The topological polar surface area (TPSA) is 55.6 Å². The van der Waals surface area contributed by atoms with Crippen LogP contribution in [0.1, 0.15) is 25.3 Å². The number of para-hydroxylation sites is 1. The van der Waals surface area contributed by atoms with E-state index in [4.69, 9.17) is 10.5 Å². The molecule has 0 aliphatic carbocycles. The van der Waals surface area contributed by atoms with E-state index in [-0.39, 0.29) is 5.91 Å². The minimum Gasteiger partial charge on any atom is -0.479 e. The Balaban J connectivity index is 2.09. The van der Waals surface area contributed by atoms with Gasteiger partial charge in [-0.1, -0.05) is 12.1 Å². The molecule has 0 bridgehead atoms. The summed E-state index contributed by atoms with van der Waals surface area (Å²) >= 11 is 3.44. The molecule has 0 radical (unpaired) electrons. The molecule has 1 unspecified atom stereocenters. The fourth-order valence-electron chi connectivity index (χ4n) is 2.27. The molecule has 4 nitrogen and oxygen atoms in total. The van der Waals surface area contributed by atoms with Crippen LogP contribution < -0.4 is 10.5 Å². The lowest BCUT2D eigenvalue weighted by atomic mass is 10.2. The molecule has 1 heterocycles. The molecule has 1 atom stereocenters. The van der Waals surface area contributed by atoms with Gasteiger partial charge in [0.05, 0.1) is 4.47 Å². The first kappa shape index (κ1) is 14.3. The maximum absolute atomic E-state index is 12.2. The van der Waals surface area contributed by atoms with Crippen LogP contribution in [0.3, 0.4) is 0 Å². The molecule has 1 saturated heterocycles. The molecule has 0 saturated carbocycles. The number of nitrogens with two attached hydrogens (primary N) is 1. The first-order valence-electron chi connectivity index (χ1n) is 6.56. The molecule has 1 aliphatic heterocycles. The van der Waals surface area contributed by atoms with Gasteiger partial charge in [0, 0.05) is 25.2 Å². The largest absolute Gasteiger partial charge is 0.479 e. The van der Waals surface area contributed by atoms with Gasteiger partial charge in [-0.15, -0.1) is 0 Å². The number of rotatable bonds is 4. The summed E-state index contributed by atoms with van der Waals surface area (Å²) in [6, 6.07) is 5.71. The van der Waals surface area contributed by atoms with E-state index in [0.717, 1.165) is 36.0 Å². The summed E-state index contributed by atoms with van der Waals surface area (Å²) in [7, 11) is 0. The van der Waals surface area contributed by atoms with E-state index in [1.807, 2.05) is 23.1 Å². The van der Waals surface area contributed by atoms with Gasteiger partial charge in [0.15, 0.2) is 6.10 Å². The van der Waals surface area contributed by atoms with Crippen molar-refractivity contribution in [3.63, 3.8) is 0 Å². The number of carbonyl (C=O) groups excluding carboxylic acids is 1. The normalized spacial score (nSPS) is 16.5. The highest BCUT2D eigenvalue weighted by Gasteiger charge is 2.25. The summed E-state index contributed by atoms with van der Waals surface area (Å²) < 4.78 is 6.65. The van der Waals surface area contributed by atoms with E-state index >= 15 is 0 Å². The van der Waals surface area contributed by atoms with Crippen molar-refractivity contribution in [2.24, 2.45) is 5.73 Å². The van der Waals surface area contributed by atoms with E-state index in [1.54, 1.807) is 6.92 Å². The van der Waals surface area contributed by atoms with E-state index in [1.165, 1.54) is 0 Å². The Labute approximate surface area is 122 Å². The summed E-state index contributed by atoms with van der Waals surface area (Å²) in [5.74, 6) is 0.723. The van der Waals surface area contributed by atoms with Gasteiger partial charge < -0.3 is 15.4 Å². The second kappa shape index (κ2) is 6.39. The molecule has 1 aliphatic rings. The number of carbonyl (C=O) groups is 1. The van der Waals surface area contributed by atoms with Crippen LogP contribution in [0.5, 0.6) is 5.75 Å². The van der Waals surface area contributed by atoms with Crippen LogP contribution in [-0.2, 0) is 11.3 Å². The van der Waals surface area contributed by atoms with E-state index in [9.17, 15) is 4.79 Å². The molecule has 2 N–H and O–H groups in total. The molecule has 0 aromatic heterocycles. The quantitative estimate of drug-likeness (QED) is 0.923. The minimum absolute atomic E-state index is 0.0521. The number of amides is 1. The zero-order valence-electron chi connectivity index (χ0n) is 11.1. The predicted octanol–water partition coefficient (Wildman–Crippen LogP) is 2.30. The third kappa shape index (κ3) is 3.28. The van der Waals surface area contributed by atoms with E-state index in [0.29, 0.717) is 12.3 Å². The zero-order valence-corrected chi connectivity index (χ0v) is 12.6. The highest BCUT2D eigenvalue weighted by Crippen LogP contribution is 2.30. The maximum Gasteiger partial charge on any atom is 0.263 e. The number of benzene rings is 1. The summed E-state index contributed by atoms with van der Waals surface area (Å²) in [6.07, 6.45) is 1.69. The van der Waals surface area contributed by atoms with Crippen molar-refractivity contribution in [1.29, 1.82) is 0 Å². The monoisotopic (exact) mass is 326 g/mol. The van der Waals surface area contributed by atoms with Gasteiger partial charge in [-0.05, 0) is 41.8 Å². The van der Waals surface area contributed by atoms with E-state index in [2.05, 4.69) is 15.9 Å². The van der Waals surface area contributed by atoms with Gasteiger partial charge >= 0.3 is 0 Å². The first-order valence-corrected chi connectivity index (χ1v) is 7.35. The van der Waals surface area contributed by atoms with Crippen molar-refractivity contribution in [2.75, 3.05) is 13.1 Å². The lowest BCUT2D eigenvalue weighted by molar-refractivity contribution is -0.136. The Morgan fingerprint density at radius 2 is 2.16 bits per heavy atom. The van der Waals surface area contributed by atoms with Gasteiger partial charge in [0.25, 0.3) is 5.91 Å². The average molecular weight is 327 g/mol. The van der Waals surface area contributed by atoms with Gasteiger partial charge in [-0.25, -0.2) is 0 Å². The first-order chi connectivity index (χ1) is 9.13. The Bertz CT molecular complexity index is 459. The smallest absolute Gasteiger partial charge is 0.263 e. The standard InChI is InChI=1S/C14H19BrN2O2/c1-10(14(18)17-7-2-3-8-17)19-13-11(9-16)5-4-6-12(13)15/h4-6,10H,2-3,7-9,16H2,1H3. The summed E-state index contributed by atoms with van der Waals surface area (Å²) in [5, 5.41) is 0. The van der Waals surface area contributed by atoms with Crippen molar-refractivity contribution in [3.05, 3.63) is 28.2 Å². The van der Waals surface area contributed by atoms with Crippen molar-refractivity contribution in [1.82, 2.24) is 4.90 Å². The minimum atomic E-state index is -0.484. The van der Waals surface area contributed by atoms with Crippen LogP contribution in [0.4, 0.5) is 0 Å². The lowest BCUT2D eigenvalue weighted by Crippen LogP contribution is -2.38. The molecule has 5 heteroatoms. The molecule has 1 aromatic rings. The zero-order chi connectivity index (χ0) is 13.8. The molecule has 1 aromatic carbocycles. The summed E-state index contributed by atoms with van der Waals surface area (Å²) in [6.45, 7) is 3.86. The Kier molecular flexibility index (Phi) is 4.82. The second-order valence-corrected chi connectivity index (χ2v) is 5.58. The van der Waals surface area contributed by atoms with Crippen LogP contribution in [0, 0.1) is 0 Å². The molecule has 1 amide bonds. The number of ether oxygens (including phenoxy) is 1. The second-order valence-electron chi connectivity index (χ2n) is 4.72. The molecule has 19 heavy (non-hydrogen) atoms.